The first kappa shape index (κ1) is 30.5. The monoisotopic (exact) mass is 408 g/mol. The third-order valence-corrected chi connectivity index (χ3v) is 3.77. The first-order chi connectivity index (χ1) is 12.7. The van der Waals surface area contributed by atoms with E-state index < -0.39 is 23.9 Å². The predicted octanol–water partition coefficient (Wildman–Crippen LogP) is 1.60. The van der Waals surface area contributed by atoms with E-state index in [1.807, 2.05) is 0 Å². The van der Waals surface area contributed by atoms with Crippen molar-refractivity contribution in [1.29, 1.82) is 0 Å². The second-order valence-electron chi connectivity index (χ2n) is 6.68. The third-order valence-electron chi connectivity index (χ3n) is 3.77. The number of hydrogen-bond acceptors (Lipinski definition) is 6. The van der Waals surface area contributed by atoms with Gasteiger partial charge in [0, 0.05) is 39.8 Å². The summed E-state index contributed by atoms with van der Waals surface area (Å²) in [5, 5.41) is 29.7. The van der Waals surface area contributed by atoms with Crippen LogP contribution in [0.15, 0.2) is 0 Å². The van der Waals surface area contributed by atoms with E-state index in [9.17, 15) is 0 Å². The van der Waals surface area contributed by atoms with Gasteiger partial charge in [0.1, 0.15) is 0 Å². The molecule has 2 fully saturated rings. The molecule has 4 unspecified atom stereocenters. The van der Waals surface area contributed by atoms with Crippen molar-refractivity contribution < 1.29 is 39.6 Å². The highest BCUT2D eigenvalue weighted by molar-refractivity contribution is 5.63. The molecule has 0 aromatic rings. The summed E-state index contributed by atoms with van der Waals surface area (Å²) in [6, 6.07) is 0.564. The topological polar surface area (TPSA) is 201 Å². The van der Waals surface area contributed by atoms with Crippen molar-refractivity contribution >= 4 is 23.9 Å². The van der Waals surface area contributed by atoms with Crippen molar-refractivity contribution in [2.75, 3.05) is 0 Å². The van der Waals surface area contributed by atoms with Crippen LogP contribution in [0.25, 0.3) is 0 Å². The molecule has 4 atom stereocenters. The van der Waals surface area contributed by atoms with Gasteiger partial charge in [-0.1, -0.05) is 25.7 Å². The Balaban J connectivity index is -0.000000328. The Morgan fingerprint density at radius 1 is 0.607 bits per heavy atom. The Labute approximate surface area is 165 Å². The maximum Gasteiger partial charge on any atom is 0.300 e. The Morgan fingerprint density at radius 3 is 0.964 bits per heavy atom. The third kappa shape index (κ3) is 28.6. The fraction of sp³-hybridized carbons (Fsp3) is 0.778. The molecule has 0 amide bonds. The molecule has 2 rings (SSSR count). The maximum absolute atomic E-state index is 9.00. The number of carboxylic acids is 4. The lowest BCUT2D eigenvalue weighted by Gasteiger charge is -2.41. The van der Waals surface area contributed by atoms with Gasteiger partial charge in [0.05, 0.1) is 0 Å². The Kier molecular flexibility index (Phi) is 19.8. The minimum Gasteiger partial charge on any atom is -0.481 e. The molecule has 2 saturated carbocycles. The number of carboxylic acid groups (broad SMARTS) is 4. The molecule has 28 heavy (non-hydrogen) atoms. The van der Waals surface area contributed by atoms with Gasteiger partial charge in [-0.05, 0) is 24.7 Å². The molecule has 2 aliphatic carbocycles. The molecule has 10 nitrogen and oxygen atoms in total. The molecular formula is C18H36N2O8. The highest BCUT2D eigenvalue weighted by atomic mass is 16.4. The van der Waals surface area contributed by atoms with Crippen LogP contribution in [0.4, 0.5) is 0 Å². The Bertz CT molecular complexity index is 389. The number of nitrogens with two attached hydrogens (primary N) is 2. The van der Waals surface area contributed by atoms with Crippen molar-refractivity contribution in [1.82, 2.24) is 0 Å². The zero-order valence-electron chi connectivity index (χ0n) is 17.1. The summed E-state index contributed by atoms with van der Waals surface area (Å²) < 4.78 is 0. The Hall–Kier alpha value is -2.20. The molecule has 0 spiro atoms. The maximum atomic E-state index is 9.00. The van der Waals surface area contributed by atoms with Crippen molar-refractivity contribution in [2.24, 2.45) is 23.3 Å². The lowest BCUT2D eigenvalue weighted by molar-refractivity contribution is -0.135. The van der Waals surface area contributed by atoms with Crippen LogP contribution < -0.4 is 11.5 Å². The van der Waals surface area contributed by atoms with Crippen LogP contribution in [0.1, 0.15) is 66.2 Å². The molecule has 0 aromatic carbocycles. The summed E-state index contributed by atoms with van der Waals surface area (Å²) in [6.45, 7) is 4.33. The lowest BCUT2D eigenvalue weighted by Crippen LogP contribution is -2.49. The van der Waals surface area contributed by atoms with E-state index in [1.165, 1.54) is 38.5 Å². The van der Waals surface area contributed by atoms with Crippen molar-refractivity contribution in [2.45, 2.75) is 78.3 Å². The number of fused-ring (bicyclic) bond motifs is 1. The van der Waals surface area contributed by atoms with Gasteiger partial charge in [0.2, 0.25) is 0 Å². The van der Waals surface area contributed by atoms with E-state index in [0.29, 0.717) is 0 Å². The fourth-order valence-electron chi connectivity index (χ4n) is 2.95. The van der Waals surface area contributed by atoms with Crippen LogP contribution in [-0.4, -0.2) is 56.4 Å². The van der Waals surface area contributed by atoms with E-state index in [1.54, 1.807) is 0 Å². The molecule has 10 heteroatoms. The molecule has 0 bridgehead atoms. The van der Waals surface area contributed by atoms with Crippen LogP contribution in [0.3, 0.4) is 0 Å². The smallest absolute Gasteiger partial charge is 0.300 e. The largest absolute Gasteiger partial charge is 0.481 e. The van der Waals surface area contributed by atoms with Gasteiger partial charge in [-0.3, -0.25) is 19.2 Å². The first-order valence-electron chi connectivity index (χ1n) is 8.99. The number of carbonyl (C=O) groups is 4. The SMILES string of the molecule is CC(=O)O.CC(=O)O.CC(=O)O.CC(=O)O.NC1CC2CCCCC2CC1N. The van der Waals surface area contributed by atoms with Gasteiger partial charge < -0.3 is 31.9 Å². The van der Waals surface area contributed by atoms with Gasteiger partial charge in [-0.25, -0.2) is 0 Å². The molecular weight excluding hydrogens is 372 g/mol. The van der Waals surface area contributed by atoms with E-state index in [2.05, 4.69) is 0 Å². The van der Waals surface area contributed by atoms with Crippen LogP contribution in [0.5, 0.6) is 0 Å². The second-order valence-corrected chi connectivity index (χ2v) is 6.68. The average Bonchev–Trinajstić information content (AvgIpc) is 2.46. The second kappa shape index (κ2) is 18.2. The average molecular weight is 408 g/mol. The van der Waals surface area contributed by atoms with Crippen LogP contribution in [-0.2, 0) is 19.2 Å². The molecule has 0 heterocycles. The molecule has 8 N–H and O–H groups in total. The predicted molar refractivity (Wildman–Crippen MR) is 104 cm³/mol. The lowest BCUT2D eigenvalue weighted by atomic mass is 9.68. The zero-order valence-corrected chi connectivity index (χ0v) is 17.1. The van der Waals surface area contributed by atoms with Crippen molar-refractivity contribution in [3.05, 3.63) is 0 Å². The highest BCUT2D eigenvalue weighted by Gasteiger charge is 2.34. The van der Waals surface area contributed by atoms with E-state index >= 15 is 0 Å². The zero-order chi connectivity index (χ0) is 22.9. The minimum absolute atomic E-state index is 0.282. The molecule has 2 aliphatic rings. The van der Waals surface area contributed by atoms with Crippen LogP contribution in [0, 0.1) is 11.8 Å². The summed E-state index contributed by atoms with van der Waals surface area (Å²) in [5.41, 5.74) is 11.9. The highest BCUT2D eigenvalue weighted by Crippen LogP contribution is 2.39. The summed E-state index contributed by atoms with van der Waals surface area (Å²) in [4.78, 5) is 36.0. The number of rotatable bonds is 0. The number of aliphatic carboxylic acids is 4. The van der Waals surface area contributed by atoms with E-state index in [-0.39, 0.29) is 12.1 Å². The standard InChI is InChI=1S/C10H20N2.4C2H4O2/c11-9-5-7-3-1-2-4-8(7)6-10(9)12;4*1-2(3)4/h7-10H,1-6,11-12H2;4*1H3,(H,3,4). The van der Waals surface area contributed by atoms with Gasteiger partial charge in [0.15, 0.2) is 0 Å². The van der Waals surface area contributed by atoms with E-state index in [4.69, 9.17) is 51.1 Å². The summed E-state index contributed by atoms with van der Waals surface area (Å²) in [5.74, 6) is -1.51. The first-order valence-corrected chi connectivity index (χ1v) is 8.99. The molecule has 0 saturated heterocycles. The van der Waals surface area contributed by atoms with Gasteiger partial charge in [0.25, 0.3) is 23.9 Å². The summed E-state index contributed by atoms with van der Waals surface area (Å²) >= 11 is 0. The number of hydrogen-bond donors (Lipinski definition) is 6. The normalized spacial score (nSPS) is 24.4. The molecule has 0 aromatic heterocycles. The van der Waals surface area contributed by atoms with Gasteiger partial charge in [-0.15, -0.1) is 0 Å². The quantitative estimate of drug-likeness (QED) is 0.342. The molecule has 0 aliphatic heterocycles. The minimum atomic E-state index is -0.833. The van der Waals surface area contributed by atoms with Crippen LogP contribution in [0.2, 0.25) is 0 Å². The Morgan fingerprint density at radius 2 is 0.786 bits per heavy atom. The molecule has 166 valence electrons. The summed E-state index contributed by atoms with van der Waals surface area (Å²) in [7, 11) is 0. The van der Waals surface area contributed by atoms with Gasteiger partial charge in [-0.2, -0.15) is 0 Å². The van der Waals surface area contributed by atoms with Crippen molar-refractivity contribution in [3.63, 3.8) is 0 Å². The summed E-state index contributed by atoms with van der Waals surface area (Å²) in [6.07, 6.45) is 8.03. The van der Waals surface area contributed by atoms with Crippen LogP contribution >= 0.6 is 0 Å². The van der Waals surface area contributed by atoms with Gasteiger partial charge >= 0.3 is 0 Å². The molecule has 0 radical (unpaired) electrons. The van der Waals surface area contributed by atoms with Crippen molar-refractivity contribution in [3.8, 4) is 0 Å². The van der Waals surface area contributed by atoms with E-state index in [0.717, 1.165) is 39.5 Å². The fourth-order valence-corrected chi connectivity index (χ4v) is 2.95.